The van der Waals surface area contributed by atoms with E-state index in [1.807, 2.05) is 0 Å². The molecule has 0 fully saturated rings. The van der Waals surface area contributed by atoms with Gasteiger partial charge in [0.2, 0.25) is 0 Å². The monoisotopic (exact) mass is 438 g/mol. The van der Waals surface area contributed by atoms with Gasteiger partial charge in [0, 0.05) is 0 Å². The highest BCUT2D eigenvalue weighted by molar-refractivity contribution is 4.53. The summed E-state index contributed by atoms with van der Waals surface area (Å²) in [6.45, 7) is 2.30. The standard InChI is InChI=1S/C29H62N2/c1-2-3-4-5-6-7-8-9-10-11-12-13-14-15-16-17-18-19-20-21-22-23-24-25-26-27-28-29(30)31/h29H,2-28,30-31H2,1H3. The lowest BCUT2D eigenvalue weighted by Gasteiger charge is -2.05. The first-order valence-corrected chi connectivity index (χ1v) is 14.8. The van der Waals surface area contributed by atoms with Gasteiger partial charge in [0.25, 0.3) is 0 Å². The third-order valence-corrected chi connectivity index (χ3v) is 6.89. The summed E-state index contributed by atoms with van der Waals surface area (Å²) >= 11 is 0. The van der Waals surface area contributed by atoms with E-state index in [9.17, 15) is 0 Å². The zero-order chi connectivity index (χ0) is 22.7. The molecule has 0 atom stereocenters. The molecule has 31 heavy (non-hydrogen) atoms. The van der Waals surface area contributed by atoms with Gasteiger partial charge < -0.3 is 11.5 Å². The lowest BCUT2D eigenvalue weighted by molar-refractivity contribution is 0.511. The van der Waals surface area contributed by atoms with E-state index in [0.29, 0.717) is 0 Å². The van der Waals surface area contributed by atoms with Crippen LogP contribution in [0.25, 0.3) is 0 Å². The van der Waals surface area contributed by atoms with Crippen molar-refractivity contribution in [2.45, 2.75) is 186 Å². The Morgan fingerprint density at radius 1 is 0.323 bits per heavy atom. The van der Waals surface area contributed by atoms with Crippen LogP contribution in [0.4, 0.5) is 0 Å². The predicted octanol–water partition coefficient (Wildman–Crippen LogP) is 9.78. The number of rotatable bonds is 27. The van der Waals surface area contributed by atoms with Crippen molar-refractivity contribution in [1.29, 1.82) is 0 Å². The first-order chi connectivity index (χ1) is 15.3. The third kappa shape index (κ3) is 29.9. The van der Waals surface area contributed by atoms with E-state index in [-0.39, 0.29) is 6.17 Å². The number of hydrogen-bond acceptors (Lipinski definition) is 2. The summed E-state index contributed by atoms with van der Waals surface area (Å²) in [5.41, 5.74) is 11.1. The Bertz CT molecular complexity index is 303. The van der Waals surface area contributed by atoms with Gasteiger partial charge in [0.15, 0.2) is 0 Å². The molecule has 0 bridgehead atoms. The molecule has 188 valence electrons. The van der Waals surface area contributed by atoms with E-state index in [2.05, 4.69) is 6.92 Å². The van der Waals surface area contributed by atoms with Crippen LogP contribution in [0.5, 0.6) is 0 Å². The Hall–Kier alpha value is -0.0800. The second-order valence-corrected chi connectivity index (χ2v) is 10.3. The SMILES string of the molecule is CCCCCCCCCCCCCCCCCCCCCCCCCCCCC(N)N. The molecule has 0 aromatic carbocycles. The van der Waals surface area contributed by atoms with Crippen LogP contribution in [0, 0.1) is 0 Å². The summed E-state index contributed by atoms with van der Waals surface area (Å²) in [6, 6.07) is 0. The van der Waals surface area contributed by atoms with Crippen molar-refractivity contribution in [3.05, 3.63) is 0 Å². The maximum Gasteiger partial charge on any atom is 0.0520 e. The molecule has 0 spiro atoms. The lowest BCUT2D eigenvalue weighted by Crippen LogP contribution is -2.29. The Morgan fingerprint density at radius 2 is 0.516 bits per heavy atom. The van der Waals surface area contributed by atoms with Gasteiger partial charge in [0.1, 0.15) is 0 Å². The summed E-state index contributed by atoms with van der Waals surface area (Å²) in [5.74, 6) is 0. The normalized spacial score (nSPS) is 11.6. The molecule has 0 heterocycles. The van der Waals surface area contributed by atoms with E-state index in [4.69, 9.17) is 11.5 Å². The molecule has 2 nitrogen and oxygen atoms in total. The second-order valence-electron chi connectivity index (χ2n) is 10.3. The van der Waals surface area contributed by atoms with Crippen molar-refractivity contribution in [1.82, 2.24) is 0 Å². The zero-order valence-corrected chi connectivity index (χ0v) is 21.8. The zero-order valence-electron chi connectivity index (χ0n) is 21.8. The van der Waals surface area contributed by atoms with Crippen molar-refractivity contribution >= 4 is 0 Å². The highest BCUT2D eigenvalue weighted by Gasteiger charge is 1.97. The highest BCUT2D eigenvalue weighted by atomic mass is 14.8. The summed E-state index contributed by atoms with van der Waals surface area (Å²) in [6.07, 6.45) is 38.4. The van der Waals surface area contributed by atoms with Crippen LogP contribution < -0.4 is 11.5 Å². The summed E-state index contributed by atoms with van der Waals surface area (Å²) in [5, 5.41) is 0. The lowest BCUT2D eigenvalue weighted by atomic mass is 10.0. The van der Waals surface area contributed by atoms with Crippen LogP contribution in [-0.4, -0.2) is 6.17 Å². The molecule has 0 aromatic rings. The predicted molar refractivity (Wildman–Crippen MR) is 142 cm³/mol. The van der Waals surface area contributed by atoms with Gasteiger partial charge in [0.05, 0.1) is 6.17 Å². The molecule has 0 saturated heterocycles. The van der Waals surface area contributed by atoms with Crippen molar-refractivity contribution in [2.75, 3.05) is 0 Å². The number of hydrogen-bond donors (Lipinski definition) is 2. The molecule has 0 radical (unpaired) electrons. The third-order valence-electron chi connectivity index (χ3n) is 6.89. The van der Waals surface area contributed by atoms with Gasteiger partial charge in [-0.2, -0.15) is 0 Å². The van der Waals surface area contributed by atoms with Gasteiger partial charge in [-0.3, -0.25) is 0 Å². The average Bonchev–Trinajstić information content (AvgIpc) is 2.76. The van der Waals surface area contributed by atoms with Crippen LogP contribution in [0.3, 0.4) is 0 Å². The minimum absolute atomic E-state index is 0.102. The maximum atomic E-state index is 5.57. The van der Waals surface area contributed by atoms with Gasteiger partial charge in [-0.25, -0.2) is 0 Å². The quantitative estimate of drug-likeness (QED) is 0.0989. The number of nitrogens with two attached hydrogens (primary N) is 2. The molecule has 0 aliphatic heterocycles. The Labute approximate surface area is 198 Å². The molecule has 0 saturated carbocycles. The van der Waals surface area contributed by atoms with Crippen LogP contribution in [0.1, 0.15) is 180 Å². The van der Waals surface area contributed by atoms with Crippen LogP contribution >= 0.6 is 0 Å². The first kappa shape index (κ1) is 30.9. The fraction of sp³-hybridized carbons (Fsp3) is 1.00. The second kappa shape index (κ2) is 28.0. The van der Waals surface area contributed by atoms with E-state index in [1.165, 1.54) is 167 Å². The fourth-order valence-corrected chi connectivity index (χ4v) is 4.70. The Morgan fingerprint density at radius 3 is 0.710 bits per heavy atom. The molecule has 0 amide bonds. The minimum atomic E-state index is -0.102. The molecule has 0 rings (SSSR count). The van der Waals surface area contributed by atoms with E-state index in [1.54, 1.807) is 0 Å². The average molecular weight is 439 g/mol. The molecule has 0 aliphatic carbocycles. The molecular weight excluding hydrogens is 376 g/mol. The molecule has 0 aliphatic rings. The topological polar surface area (TPSA) is 52.0 Å². The van der Waals surface area contributed by atoms with Crippen molar-refractivity contribution in [2.24, 2.45) is 11.5 Å². The largest absolute Gasteiger partial charge is 0.316 e. The van der Waals surface area contributed by atoms with E-state index in [0.717, 1.165) is 6.42 Å². The summed E-state index contributed by atoms with van der Waals surface area (Å²) < 4.78 is 0. The van der Waals surface area contributed by atoms with E-state index >= 15 is 0 Å². The summed E-state index contributed by atoms with van der Waals surface area (Å²) in [7, 11) is 0. The maximum absolute atomic E-state index is 5.57. The molecule has 0 unspecified atom stereocenters. The molecule has 4 N–H and O–H groups in total. The van der Waals surface area contributed by atoms with Gasteiger partial charge in [-0.05, 0) is 6.42 Å². The fourth-order valence-electron chi connectivity index (χ4n) is 4.70. The Kier molecular flexibility index (Phi) is 27.9. The number of unbranched alkanes of at least 4 members (excludes halogenated alkanes) is 25. The summed E-state index contributed by atoms with van der Waals surface area (Å²) in [4.78, 5) is 0. The van der Waals surface area contributed by atoms with Crippen LogP contribution in [0.2, 0.25) is 0 Å². The van der Waals surface area contributed by atoms with Crippen LogP contribution in [-0.2, 0) is 0 Å². The smallest absolute Gasteiger partial charge is 0.0520 e. The van der Waals surface area contributed by atoms with Crippen molar-refractivity contribution in [3.8, 4) is 0 Å². The molecule has 0 aromatic heterocycles. The van der Waals surface area contributed by atoms with E-state index < -0.39 is 0 Å². The molecule has 2 heteroatoms. The molecular formula is C29H62N2. The highest BCUT2D eigenvalue weighted by Crippen LogP contribution is 2.16. The van der Waals surface area contributed by atoms with Gasteiger partial charge in [-0.15, -0.1) is 0 Å². The Balaban J connectivity index is 2.99. The minimum Gasteiger partial charge on any atom is -0.316 e. The van der Waals surface area contributed by atoms with Gasteiger partial charge >= 0.3 is 0 Å². The van der Waals surface area contributed by atoms with Crippen molar-refractivity contribution < 1.29 is 0 Å². The van der Waals surface area contributed by atoms with Gasteiger partial charge in [-0.1, -0.05) is 174 Å². The first-order valence-electron chi connectivity index (χ1n) is 14.8. The van der Waals surface area contributed by atoms with Crippen molar-refractivity contribution in [3.63, 3.8) is 0 Å². The van der Waals surface area contributed by atoms with Crippen LogP contribution in [0.15, 0.2) is 0 Å².